The predicted molar refractivity (Wildman–Crippen MR) is 67.6 cm³/mol. The molecule has 0 aromatic heterocycles. The van der Waals surface area contributed by atoms with Crippen molar-refractivity contribution in [3.8, 4) is 0 Å². The van der Waals surface area contributed by atoms with Gasteiger partial charge in [0.05, 0.1) is 6.10 Å². The van der Waals surface area contributed by atoms with E-state index in [4.69, 9.17) is 0 Å². The molecule has 1 atom stereocenters. The first-order valence-electron chi connectivity index (χ1n) is 5.51. The van der Waals surface area contributed by atoms with Gasteiger partial charge in [0.25, 0.3) is 0 Å². The fraction of sp³-hybridized carbons (Fsp3) is 0.538. The maximum atomic E-state index is 9.45. The van der Waals surface area contributed by atoms with Gasteiger partial charge >= 0.3 is 0 Å². The van der Waals surface area contributed by atoms with Crippen LogP contribution in [0.25, 0.3) is 0 Å². The molecule has 0 aliphatic carbocycles. The highest BCUT2D eigenvalue weighted by atomic mass is 32.2. The quantitative estimate of drug-likeness (QED) is 0.772. The van der Waals surface area contributed by atoms with Crippen molar-refractivity contribution in [2.24, 2.45) is 0 Å². The van der Waals surface area contributed by atoms with Crippen molar-refractivity contribution in [1.82, 2.24) is 0 Å². The van der Waals surface area contributed by atoms with Gasteiger partial charge in [0, 0.05) is 10.6 Å². The van der Waals surface area contributed by atoms with Crippen molar-refractivity contribution < 1.29 is 5.11 Å². The number of hydrogen-bond acceptors (Lipinski definition) is 2. The average Bonchev–Trinajstić information content (AvgIpc) is 2.23. The molecule has 0 spiro atoms. The summed E-state index contributed by atoms with van der Waals surface area (Å²) >= 11 is 1.84. The molecule has 1 rings (SSSR count). The first kappa shape index (κ1) is 12.6. The number of aryl methyl sites for hydroxylation is 2. The second-order valence-electron chi connectivity index (χ2n) is 3.97. The molecule has 0 amide bonds. The lowest BCUT2D eigenvalue weighted by molar-refractivity contribution is 0.167. The lowest BCUT2D eigenvalue weighted by atomic mass is 10.2. The predicted octanol–water partition coefficient (Wildman–Crippen LogP) is 3.56. The zero-order chi connectivity index (χ0) is 11.3. The van der Waals surface area contributed by atoms with Gasteiger partial charge in [-0.2, -0.15) is 0 Å². The van der Waals surface area contributed by atoms with Crippen molar-refractivity contribution in [3.05, 3.63) is 29.3 Å². The first-order valence-corrected chi connectivity index (χ1v) is 6.50. The lowest BCUT2D eigenvalue weighted by Gasteiger charge is -2.09. The van der Waals surface area contributed by atoms with Gasteiger partial charge in [-0.25, -0.2) is 0 Å². The van der Waals surface area contributed by atoms with E-state index in [1.807, 2.05) is 18.7 Å². The van der Waals surface area contributed by atoms with Crippen molar-refractivity contribution in [3.63, 3.8) is 0 Å². The van der Waals surface area contributed by atoms with Crippen LogP contribution in [0.5, 0.6) is 0 Å². The minimum absolute atomic E-state index is 0.136. The molecule has 1 N–H and O–H groups in total. The number of thioether (sulfide) groups is 1. The molecule has 1 aromatic carbocycles. The molecular weight excluding hydrogens is 204 g/mol. The Morgan fingerprint density at radius 2 is 2.07 bits per heavy atom. The van der Waals surface area contributed by atoms with E-state index in [2.05, 4.69) is 32.0 Å². The Morgan fingerprint density at radius 3 is 2.73 bits per heavy atom. The standard InChI is InChI=1S/C13H20OS/c1-4-12(14)7-8-15-13-9-10(2)5-6-11(13)3/h5-6,9,12,14H,4,7-8H2,1-3H3. The van der Waals surface area contributed by atoms with Gasteiger partial charge in [0.2, 0.25) is 0 Å². The molecule has 0 radical (unpaired) electrons. The van der Waals surface area contributed by atoms with Gasteiger partial charge in [-0.3, -0.25) is 0 Å². The average molecular weight is 224 g/mol. The van der Waals surface area contributed by atoms with E-state index in [9.17, 15) is 5.11 Å². The molecule has 1 nitrogen and oxygen atoms in total. The Labute approximate surface area is 96.9 Å². The minimum Gasteiger partial charge on any atom is -0.393 e. The SMILES string of the molecule is CCC(O)CCSc1cc(C)ccc1C. The second kappa shape index (κ2) is 6.19. The summed E-state index contributed by atoms with van der Waals surface area (Å²) in [6.45, 7) is 6.27. The number of benzene rings is 1. The van der Waals surface area contributed by atoms with E-state index in [1.54, 1.807) is 0 Å². The highest BCUT2D eigenvalue weighted by molar-refractivity contribution is 7.99. The second-order valence-corrected chi connectivity index (χ2v) is 5.10. The van der Waals surface area contributed by atoms with Gasteiger partial charge in [-0.1, -0.05) is 24.6 Å². The van der Waals surface area contributed by atoms with Gasteiger partial charge in [0.15, 0.2) is 0 Å². The van der Waals surface area contributed by atoms with E-state index in [0.29, 0.717) is 0 Å². The summed E-state index contributed by atoms with van der Waals surface area (Å²) in [6.07, 6.45) is 1.60. The molecule has 2 heteroatoms. The number of aliphatic hydroxyl groups excluding tert-OH is 1. The normalized spacial score (nSPS) is 12.8. The van der Waals surface area contributed by atoms with Crippen LogP contribution in [-0.4, -0.2) is 17.0 Å². The molecule has 0 saturated carbocycles. The molecule has 15 heavy (non-hydrogen) atoms. The van der Waals surface area contributed by atoms with E-state index in [-0.39, 0.29) is 6.10 Å². The third kappa shape index (κ3) is 4.27. The van der Waals surface area contributed by atoms with Gasteiger partial charge in [0.1, 0.15) is 0 Å². The Kier molecular flexibility index (Phi) is 5.20. The maximum absolute atomic E-state index is 9.45. The van der Waals surface area contributed by atoms with Crippen LogP contribution in [0.1, 0.15) is 30.9 Å². The third-order valence-corrected chi connectivity index (χ3v) is 3.71. The monoisotopic (exact) mass is 224 g/mol. The molecule has 84 valence electrons. The molecule has 0 saturated heterocycles. The lowest BCUT2D eigenvalue weighted by Crippen LogP contribution is -2.05. The van der Waals surface area contributed by atoms with Crippen LogP contribution in [0.4, 0.5) is 0 Å². The van der Waals surface area contributed by atoms with E-state index in [1.165, 1.54) is 16.0 Å². The molecule has 0 aliphatic rings. The molecule has 1 aromatic rings. The van der Waals surface area contributed by atoms with Gasteiger partial charge < -0.3 is 5.11 Å². The van der Waals surface area contributed by atoms with Gasteiger partial charge in [-0.15, -0.1) is 11.8 Å². The largest absolute Gasteiger partial charge is 0.393 e. The van der Waals surface area contributed by atoms with Crippen LogP contribution in [0, 0.1) is 13.8 Å². The summed E-state index contributed by atoms with van der Waals surface area (Å²) in [4.78, 5) is 1.35. The van der Waals surface area contributed by atoms with Crippen LogP contribution < -0.4 is 0 Å². The minimum atomic E-state index is -0.136. The number of rotatable bonds is 5. The zero-order valence-electron chi connectivity index (χ0n) is 9.79. The Bertz CT molecular complexity index is 309. The van der Waals surface area contributed by atoms with Crippen molar-refractivity contribution >= 4 is 11.8 Å². The Balaban J connectivity index is 2.46. The molecule has 1 unspecified atom stereocenters. The molecular formula is C13H20OS. The van der Waals surface area contributed by atoms with Crippen molar-refractivity contribution in [2.75, 3.05) is 5.75 Å². The third-order valence-electron chi connectivity index (χ3n) is 2.52. The Hall–Kier alpha value is -0.470. The number of aliphatic hydroxyl groups is 1. The van der Waals surface area contributed by atoms with Crippen LogP contribution in [-0.2, 0) is 0 Å². The van der Waals surface area contributed by atoms with E-state index < -0.39 is 0 Å². The zero-order valence-corrected chi connectivity index (χ0v) is 10.6. The topological polar surface area (TPSA) is 20.2 Å². The van der Waals surface area contributed by atoms with Crippen molar-refractivity contribution in [2.45, 2.75) is 44.6 Å². The van der Waals surface area contributed by atoms with Crippen LogP contribution >= 0.6 is 11.8 Å². The Morgan fingerprint density at radius 1 is 1.33 bits per heavy atom. The smallest absolute Gasteiger partial charge is 0.0545 e. The molecule has 0 fully saturated rings. The summed E-state index contributed by atoms with van der Waals surface area (Å²) in [5.41, 5.74) is 2.63. The first-order chi connectivity index (χ1) is 7.13. The summed E-state index contributed by atoms with van der Waals surface area (Å²) in [5, 5.41) is 9.45. The molecule has 0 bridgehead atoms. The summed E-state index contributed by atoms with van der Waals surface area (Å²) in [7, 11) is 0. The summed E-state index contributed by atoms with van der Waals surface area (Å²) < 4.78 is 0. The number of hydrogen-bond donors (Lipinski definition) is 1. The highest BCUT2D eigenvalue weighted by Crippen LogP contribution is 2.24. The fourth-order valence-electron chi connectivity index (χ4n) is 1.37. The summed E-state index contributed by atoms with van der Waals surface area (Å²) in [6, 6.07) is 6.52. The van der Waals surface area contributed by atoms with E-state index >= 15 is 0 Å². The van der Waals surface area contributed by atoms with Gasteiger partial charge in [-0.05, 0) is 38.3 Å². The fourth-order valence-corrected chi connectivity index (χ4v) is 2.55. The molecule has 0 heterocycles. The maximum Gasteiger partial charge on any atom is 0.0545 e. The van der Waals surface area contributed by atoms with Crippen LogP contribution in [0.15, 0.2) is 23.1 Å². The van der Waals surface area contributed by atoms with Crippen LogP contribution in [0.2, 0.25) is 0 Å². The molecule has 0 aliphatic heterocycles. The summed E-state index contributed by atoms with van der Waals surface area (Å²) in [5.74, 6) is 0.999. The van der Waals surface area contributed by atoms with Crippen molar-refractivity contribution in [1.29, 1.82) is 0 Å². The van der Waals surface area contributed by atoms with Crippen LogP contribution in [0.3, 0.4) is 0 Å². The highest BCUT2D eigenvalue weighted by Gasteiger charge is 2.03. The van der Waals surface area contributed by atoms with E-state index in [0.717, 1.165) is 18.6 Å².